The third-order valence-corrected chi connectivity index (χ3v) is 3.95. The molecular weight excluding hydrogens is 236 g/mol. The molecule has 2 rings (SSSR count). The molecule has 0 N–H and O–H groups in total. The summed E-state index contributed by atoms with van der Waals surface area (Å²) in [6.45, 7) is 4.42. The first-order valence-electron chi connectivity index (χ1n) is 6.48. The molecule has 0 aliphatic heterocycles. The zero-order valence-electron chi connectivity index (χ0n) is 11.4. The minimum Gasteiger partial charge on any atom is -0.130 e. The zero-order valence-corrected chi connectivity index (χ0v) is 12.2. The molecule has 0 fully saturated rings. The van der Waals surface area contributed by atoms with E-state index in [4.69, 9.17) is 0 Å². The first-order valence-corrected chi connectivity index (χ1v) is 7.71. The normalized spacial score (nSPS) is 10.6. The summed E-state index contributed by atoms with van der Waals surface area (Å²) in [6, 6.07) is 15.6. The van der Waals surface area contributed by atoms with Crippen LogP contribution in [-0.4, -0.2) is 6.26 Å². The molecule has 0 saturated heterocycles. The van der Waals surface area contributed by atoms with Crippen molar-refractivity contribution in [1.82, 2.24) is 0 Å². The van der Waals surface area contributed by atoms with Crippen LogP contribution in [0.2, 0.25) is 0 Å². The van der Waals surface area contributed by atoms with Gasteiger partial charge in [-0.05, 0) is 54.0 Å². The molecule has 1 heteroatoms. The lowest BCUT2D eigenvalue weighted by atomic mass is 9.97. The number of thioether (sulfide) groups is 1. The number of hydrogen-bond donors (Lipinski definition) is 0. The van der Waals surface area contributed by atoms with Crippen molar-refractivity contribution in [2.45, 2.75) is 31.6 Å². The van der Waals surface area contributed by atoms with Gasteiger partial charge in [0.15, 0.2) is 0 Å². The number of rotatable bonds is 4. The molecule has 0 unspecified atom stereocenters. The second kappa shape index (κ2) is 6.10. The highest BCUT2D eigenvalue weighted by molar-refractivity contribution is 7.98. The molecule has 94 valence electrons. The lowest BCUT2D eigenvalue weighted by Gasteiger charge is -2.10. The van der Waals surface area contributed by atoms with E-state index in [1.165, 1.54) is 33.6 Å². The van der Waals surface area contributed by atoms with E-state index in [1.807, 2.05) is 0 Å². The lowest BCUT2D eigenvalue weighted by Crippen LogP contribution is -1.89. The maximum Gasteiger partial charge on any atom is 0.00752 e. The summed E-state index contributed by atoms with van der Waals surface area (Å²) in [6.07, 6.45) is 4.49. The molecule has 0 atom stereocenters. The van der Waals surface area contributed by atoms with Crippen molar-refractivity contribution in [3.63, 3.8) is 0 Å². The lowest BCUT2D eigenvalue weighted by molar-refractivity contribution is 0.921. The molecule has 2 aromatic carbocycles. The Morgan fingerprint density at radius 2 is 1.89 bits per heavy atom. The smallest absolute Gasteiger partial charge is 0.00752 e. The van der Waals surface area contributed by atoms with Crippen LogP contribution in [-0.2, 0) is 6.42 Å². The third kappa shape index (κ3) is 2.97. The van der Waals surface area contributed by atoms with Crippen LogP contribution in [0.3, 0.4) is 0 Å². The van der Waals surface area contributed by atoms with Gasteiger partial charge in [-0.2, -0.15) is 0 Å². The first-order chi connectivity index (χ1) is 8.74. The van der Waals surface area contributed by atoms with Crippen molar-refractivity contribution in [3.05, 3.63) is 53.6 Å². The molecular formula is C17H20S. The van der Waals surface area contributed by atoms with Crippen molar-refractivity contribution in [2.75, 3.05) is 6.26 Å². The SMILES string of the molecule is CCCc1ccc(C)c(-c2cccc(SC)c2)c1. The predicted octanol–water partition coefficient (Wildman–Crippen LogP) is 5.34. The molecule has 0 spiro atoms. The largest absolute Gasteiger partial charge is 0.130 e. The fourth-order valence-electron chi connectivity index (χ4n) is 2.21. The van der Waals surface area contributed by atoms with Gasteiger partial charge in [-0.1, -0.05) is 43.7 Å². The van der Waals surface area contributed by atoms with Crippen LogP contribution in [0.15, 0.2) is 47.4 Å². The van der Waals surface area contributed by atoms with Crippen molar-refractivity contribution >= 4 is 11.8 Å². The molecule has 0 radical (unpaired) electrons. The van der Waals surface area contributed by atoms with Crippen LogP contribution in [0, 0.1) is 6.92 Å². The van der Waals surface area contributed by atoms with Crippen molar-refractivity contribution in [3.8, 4) is 11.1 Å². The molecule has 18 heavy (non-hydrogen) atoms. The van der Waals surface area contributed by atoms with E-state index in [0.29, 0.717) is 0 Å². The van der Waals surface area contributed by atoms with Gasteiger partial charge >= 0.3 is 0 Å². The second-order valence-corrected chi connectivity index (χ2v) is 5.51. The van der Waals surface area contributed by atoms with E-state index in [2.05, 4.69) is 62.6 Å². The Bertz CT molecular complexity index is 529. The molecule has 2 aromatic rings. The first kappa shape index (κ1) is 13.2. The van der Waals surface area contributed by atoms with E-state index in [0.717, 1.165) is 6.42 Å². The Morgan fingerprint density at radius 1 is 1.06 bits per heavy atom. The Morgan fingerprint density at radius 3 is 2.61 bits per heavy atom. The molecule has 0 amide bonds. The Labute approximate surface area is 114 Å². The maximum absolute atomic E-state index is 2.35. The van der Waals surface area contributed by atoms with E-state index >= 15 is 0 Å². The van der Waals surface area contributed by atoms with Gasteiger partial charge in [0, 0.05) is 4.90 Å². The highest BCUT2D eigenvalue weighted by Crippen LogP contribution is 2.28. The monoisotopic (exact) mass is 256 g/mol. The van der Waals surface area contributed by atoms with Gasteiger partial charge in [0.2, 0.25) is 0 Å². The van der Waals surface area contributed by atoms with Gasteiger partial charge in [-0.25, -0.2) is 0 Å². The summed E-state index contributed by atoms with van der Waals surface area (Å²) in [5, 5.41) is 0. The highest BCUT2D eigenvalue weighted by atomic mass is 32.2. The van der Waals surface area contributed by atoms with Crippen LogP contribution in [0.4, 0.5) is 0 Å². The fraction of sp³-hybridized carbons (Fsp3) is 0.294. The van der Waals surface area contributed by atoms with Crippen molar-refractivity contribution in [1.29, 1.82) is 0 Å². The summed E-state index contributed by atoms with van der Waals surface area (Å²) in [5.74, 6) is 0. The van der Waals surface area contributed by atoms with E-state index < -0.39 is 0 Å². The third-order valence-electron chi connectivity index (χ3n) is 3.22. The van der Waals surface area contributed by atoms with Gasteiger partial charge in [0.1, 0.15) is 0 Å². The van der Waals surface area contributed by atoms with E-state index in [1.54, 1.807) is 11.8 Å². The topological polar surface area (TPSA) is 0 Å². The highest BCUT2D eigenvalue weighted by Gasteiger charge is 2.04. The molecule has 0 heterocycles. The average molecular weight is 256 g/mol. The average Bonchev–Trinajstić information content (AvgIpc) is 2.41. The van der Waals surface area contributed by atoms with E-state index in [9.17, 15) is 0 Å². The maximum atomic E-state index is 2.35. The van der Waals surface area contributed by atoms with Crippen LogP contribution in [0.25, 0.3) is 11.1 Å². The molecule has 0 saturated carbocycles. The minimum atomic E-state index is 1.16. The Hall–Kier alpha value is -1.21. The molecule has 0 aromatic heterocycles. The Balaban J connectivity index is 2.44. The van der Waals surface area contributed by atoms with Gasteiger partial charge in [-0.15, -0.1) is 11.8 Å². The quantitative estimate of drug-likeness (QED) is 0.666. The second-order valence-electron chi connectivity index (χ2n) is 4.63. The summed E-state index contributed by atoms with van der Waals surface area (Å²) < 4.78 is 0. The fourth-order valence-corrected chi connectivity index (χ4v) is 2.67. The zero-order chi connectivity index (χ0) is 13.0. The molecule has 0 bridgehead atoms. The standard InChI is InChI=1S/C17H20S/c1-4-6-14-10-9-13(2)17(11-14)15-7-5-8-16(12-15)18-3/h5,7-12H,4,6H2,1-3H3. The summed E-state index contributed by atoms with van der Waals surface area (Å²) in [5.41, 5.74) is 5.50. The van der Waals surface area contributed by atoms with Crippen LogP contribution >= 0.6 is 11.8 Å². The molecule has 0 aliphatic rings. The summed E-state index contributed by atoms with van der Waals surface area (Å²) in [7, 11) is 0. The van der Waals surface area contributed by atoms with Gasteiger partial charge < -0.3 is 0 Å². The summed E-state index contributed by atoms with van der Waals surface area (Å²) in [4.78, 5) is 1.33. The van der Waals surface area contributed by atoms with Gasteiger partial charge in [-0.3, -0.25) is 0 Å². The minimum absolute atomic E-state index is 1.16. The van der Waals surface area contributed by atoms with Crippen molar-refractivity contribution < 1.29 is 0 Å². The van der Waals surface area contributed by atoms with E-state index in [-0.39, 0.29) is 0 Å². The number of benzene rings is 2. The van der Waals surface area contributed by atoms with Crippen LogP contribution in [0.5, 0.6) is 0 Å². The number of hydrogen-bond acceptors (Lipinski definition) is 1. The van der Waals surface area contributed by atoms with Crippen LogP contribution in [0.1, 0.15) is 24.5 Å². The molecule has 0 nitrogen and oxygen atoms in total. The number of aryl methyl sites for hydroxylation is 2. The van der Waals surface area contributed by atoms with Crippen LogP contribution < -0.4 is 0 Å². The Kier molecular flexibility index (Phi) is 4.48. The van der Waals surface area contributed by atoms with Gasteiger partial charge in [0.05, 0.1) is 0 Å². The molecule has 0 aliphatic carbocycles. The summed E-state index contributed by atoms with van der Waals surface area (Å²) >= 11 is 1.80. The van der Waals surface area contributed by atoms with Gasteiger partial charge in [0.25, 0.3) is 0 Å². The predicted molar refractivity (Wildman–Crippen MR) is 82.4 cm³/mol. The van der Waals surface area contributed by atoms with Crippen molar-refractivity contribution in [2.24, 2.45) is 0 Å².